The third kappa shape index (κ3) is 3.01. The summed E-state index contributed by atoms with van der Waals surface area (Å²) >= 11 is 0. The van der Waals surface area contributed by atoms with Gasteiger partial charge in [-0.3, -0.25) is 9.59 Å². The Hall–Kier alpha value is -1.66. The van der Waals surface area contributed by atoms with Crippen LogP contribution in [-0.2, 0) is 14.3 Å². The molecule has 0 N–H and O–H groups in total. The Morgan fingerprint density at radius 3 is 2.79 bits per heavy atom. The molecule has 0 amide bonds. The molecular weight excluding hydrogens is 348 g/mol. The van der Waals surface area contributed by atoms with Gasteiger partial charge in [-0.15, -0.1) is 5.92 Å². The van der Waals surface area contributed by atoms with Crippen molar-refractivity contribution in [3.8, 4) is 11.8 Å². The average molecular weight is 381 g/mol. The predicted octanol–water partition coefficient (Wildman–Crippen LogP) is 4.66. The van der Waals surface area contributed by atoms with Gasteiger partial charge in [-0.1, -0.05) is 32.8 Å². The van der Waals surface area contributed by atoms with E-state index in [0.29, 0.717) is 30.1 Å². The van der Waals surface area contributed by atoms with Crippen LogP contribution in [0.25, 0.3) is 0 Å². The topological polar surface area (TPSA) is 43.4 Å². The number of hydrogen-bond donors (Lipinski definition) is 0. The maximum Gasteiger partial charge on any atom is 0.178 e. The van der Waals surface area contributed by atoms with Crippen LogP contribution in [0, 0.1) is 40.4 Å². The largest absolute Gasteiger partial charge is 0.361 e. The molecule has 0 saturated heterocycles. The monoisotopic (exact) mass is 380 g/mol. The molecule has 150 valence electrons. The molecule has 0 aromatic heterocycles. The van der Waals surface area contributed by atoms with E-state index in [1.165, 1.54) is 0 Å². The lowest BCUT2D eigenvalue weighted by Crippen LogP contribution is -2.53. The lowest BCUT2D eigenvalue weighted by atomic mass is 9.48. The molecule has 4 aliphatic carbocycles. The van der Waals surface area contributed by atoms with Crippen molar-refractivity contribution in [2.75, 3.05) is 6.61 Å². The van der Waals surface area contributed by atoms with Crippen molar-refractivity contribution in [1.29, 1.82) is 0 Å². The highest BCUT2D eigenvalue weighted by Gasteiger charge is 2.60. The molecular formula is C25H32O3. The second-order valence-corrected chi connectivity index (χ2v) is 9.55. The van der Waals surface area contributed by atoms with E-state index >= 15 is 0 Å². The van der Waals surface area contributed by atoms with Crippen LogP contribution in [0.3, 0.4) is 0 Å². The minimum absolute atomic E-state index is 0.0632. The minimum Gasteiger partial charge on any atom is -0.361 e. The number of carbonyl (C=O) groups excluding carboxylic acids is 2. The van der Waals surface area contributed by atoms with Crippen molar-refractivity contribution in [3.05, 3.63) is 23.8 Å². The van der Waals surface area contributed by atoms with Crippen LogP contribution in [0.4, 0.5) is 0 Å². The van der Waals surface area contributed by atoms with Gasteiger partial charge in [0.05, 0.1) is 6.10 Å². The molecule has 4 rings (SSSR count). The van der Waals surface area contributed by atoms with Crippen LogP contribution >= 0.6 is 0 Å². The number of allylic oxidation sites excluding steroid dienone is 3. The van der Waals surface area contributed by atoms with Gasteiger partial charge in [0, 0.05) is 23.7 Å². The summed E-state index contributed by atoms with van der Waals surface area (Å²) in [5.41, 5.74) is 0.829. The quantitative estimate of drug-likeness (QED) is 0.669. The van der Waals surface area contributed by atoms with Gasteiger partial charge in [-0.05, 0) is 67.6 Å². The zero-order valence-corrected chi connectivity index (χ0v) is 17.4. The Kier molecular flexibility index (Phi) is 5.12. The van der Waals surface area contributed by atoms with Crippen molar-refractivity contribution in [1.82, 2.24) is 0 Å². The van der Waals surface area contributed by atoms with E-state index in [4.69, 9.17) is 4.74 Å². The predicted molar refractivity (Wildman–Crippen MR) is 109 cm³/mol. The van der Waals surface area contributed by atoms with E-state index in [0.717, 1.165) is 50.5 Å². The highest BCUT2D eigenvalue weighted by molar-refractivity contribution is 6.01. The third-order valence-electron chi connectivity index (χ3n) is 8.12. The molecule has 0 unspecified atom stereocenters. The number of ketones is 2. The van der Waals surface area contributed by atoms with Crippen LogP contribution in [0.15, 0.2) is 23.8 Å². The molecule has 0 bridgehead atoms. The number of hydrogen-bond acceptors (Lipinski definition) is 3. The van der Waals surface area contributed by atoms with Crippen molar-refractivity contribution in [2.45, 2.75) is 71.8 Å². The molecule has 3 fully saturated rings. The van der Waals surface area contributed by atoms with Crippen molar-refractivity contribution in [3.63, 3.8) is 0 Å². The van der Waals surface area contributed by atoms with E-state index in [1.807, 2.05) is 6.08 Å². The normalized spacial score (nSPS) is 41.5. The van der Waals surface area contributed by atoms with Gasteiger partial charge in [-0.2, -0.15) is 0 Å². The van der Waals surface area contributed by atoms with Crippen LogP contribution in [0.1, 0.15) is 65.7 Å². The summed E-state index contributed by atoms with van der Waals surface area (Å²) in [7, 11) is 0. The maximum absolute atomic E-state index is 12.6. The summed E-state index contributed by atoms with van der Waals surface area (Å²) < 4.78 is 6.26. The lowest BCUT2D eigenvalue weighted by molar-refractivity contribution is -0.133. The summed E-state index contributed by atoms with van der Waals surface area (Å²) in [6.45, 7) is 7.00. The summed E-state index contributed by atoms with van der Waals surface area (Å²) in [6.07, 6.45) is 12.2. The van der Waals surface area contributed by atoms with Crippen molar-refractivity contribution in [2.24, 2.45) is 28.6 Å². The van der Waals surface area contributed by atoms with Crippen LogP contribution in [-0.4, -0.2) is 24.3 Å². The van der Waals surface area contributed by atoms with E-state index < -0.39 is 0 Å². The first-order valence-corrected chi connectivity index (χ1v) is 11.0. The SMILES string of the molecule is CCCC#CCO[C@@H]1C[C@@H]2[C@H](CC[C@]3(C)C(=O)CC[C@@H]23)[C@@]2(C)C=CC(=O)C=C12. The molecule has 6 atom stereocenters. The zero-order chi connectivity index (χ0) is 19.9. The number of unbranched alkanes of at least 4 members (excludes halogenated alkanes) is 1. The van der Waals surface area contributed by atoms with Gasteiger partial charge in [0.2, 0.25) is 0 Å². The number of fused-ring (bicyclic) bond motifs is 5. The second kappa shape index (κ2) is 7.30. The summed E-state index contributed by atoms with van der Waals surface area (Å²) in [5, 5.41) is 0. The lowest BCUT2D eigenvalue weighted by Gasteiger charge is -2.57. The molecule has 0 heterocycles. The Morgan fingerprint density at radius 1 is 1.18 bits per heavy atom. The first kappa shape index (κ1) is 19.6. The van der Waals surface area contributed by atoms with E-state index in [1.54, 1.807) is 6.08 Å². The van der Waals surface area contributed by atoms with Crippen LogP contribution < -0.4 is 0 Å². The van der Waals surface area contributed by atoms with Crippen molar-refractivity contribution < 1.29 is 14.3 Å². The van der Waals surface area contributed by atoms with Gasteiger partial charge in [0.25, 0.3) is 0 Å². The molecule has 0 aromatic carbocycles. The number of rotatable bonds is 3. The van der Waals surface area contributed by atoms with Crippen molar-refractivity contribution >= 4 is 11.6 Å². The molecule has 0 radical (unpaired) electrons. The van der Waals surface area contributed by atoms with Gasteiger partial charge in [-0.25, -0.2) is 0 Å². The Morgan fingerprint density at radius 2 is 2.00 bits per heavy atom. The number of Topliss-reactive ketones (excluding diaryl/α,β-unsaturated/α-hetero) is 1. The molecule has 0 spiro atoms. The van der Waals surface area contributed by atoms with E-state index in [-0.39, 0.29) is 22.7 Å². The molecule has 3 nitrogen and oxygen atoms in total. The molecule has 4 aliphatic rings. The second-order valence-electron chi connectivity index (χ2n) is 9.55. The Labute approximate surface area is 169 Å². The number of carbonyl (C=O) groups is 2. The molecule has 3 heteroatoms. The summed E-state index contributed by atoms with van der Waals surface area (Å²) in [5.74, 6) is 8.20. The molecule has 28 heavy (non-hydrogen) atoms. The highest BCUT2D eigenvalue weighted by Crippen LogP contribution is 2.63. The van der Waals surface area contributed by atoms with Gasteiger partial charge >= 0.3 is 0 Å². The summed E-state index contributed by atoms with van der Waals surface area (Å²) in [4.78, 5) is 24.8. The fourth-order valence-electron chi connectivity index (χ4n) is 6.56. The molecule has 0 aromatic rings. The first-order chi connectivity index (χ1) is 13.4. The maximum atomic E-state index is 12.6. The van der Waals surface area contributed by atoms with Gasteiger partial charge < -0.3 is 4.74 Å². The fraction of sp³-hybridized carbons (Fsp3) is 0.680. The minimum atomic E-state index is -0.154. The smallest absolute Gasteiger partial charge is 0.178 e. The van der Waals surface area contributed by atoms with E-state index in [2.05, 4.69) is 38.7 Å². The van der Waals surface area contributed by atoms with Gasteiger partial charge in [0.1, 0.15) is 12.4 Å². The Balaban J connectivity index is 1.64. The number of ether oxygens (including phenoxy) is 1. The average Bonchev–Trinajstić information content (AvgIpc) is 2.98. The van der Waals surface area contributed by atoms with Gasteiger partial charge in [0.15, 0.2) is 5.78 Å². The van der Waals surface area contributed by atoms with Crippen LogP contribution in [0.2, 0.25) is 0 Å². The first-order valence-electron chi connectivity index (χ1n) is 11.0. The molecule has 3 saturated carbocycles. The highest BCUT2D eigenvalue weighted by atomic mass is 16.5. The fourth-order valence-corrected chi connectivity index (χ4v) is 6.56. The molecule has 0 aliphatic heterocycles. The Bertz CT molecular complexity index is 794. The zero-order valence-electron chi connectivity index (χ0n) is 17.4. The standard InChI is InChI=1S/C25H32O3/c1-4-5-6-7-14-28-22-16-18-19-8-9-23(27)25(19,3)13-11-20(18)24(2)12-10-17(26)15-21(22)24/h10,12,15,18-20,22H,4-5,8-9,11,13-14,16H2,1-3H3/t18-,19-,20-,22+,24+,25-/m0/s1. The third-order valence-corrected chi connectivity index (χ3v) is 8.12. The van der Waals surface area contributed by atoms with E-state index in [9.17, 15) is 9.59 Å². The van der Waals surface area contributed by atoms with Crippen LogP contribution in [0.5, 0.6) is 0 Å². The summed E-state index contributed by atoms with van der Waals surface area (Å²) in [6, 6.07) is 0.